The van der Waals surface area contributed by atoms with Crippen LogP contribution in [0, 0.1) is 12.8 Å². The number of benzene rings is 1. The first kappa shape index (κ1) is 25.8. The molecule has 0 radical (unpaired) electrons. The molecule has 0 spiro atoms. The molecule has 198 valence electrons. The van der Waals surface area contributed by atoms with Crippen LogP contribution in [-0.4, -0.2) is 48.7 Å². The van der Waals surface area contributed by atoms with E-state index in [1.54, 1.807) is 19.2 Å². The van der Waals surface area contributed by atoms with Crippen LogP contribution in [0.2, 0.25) is 0 Å². The van der Waals surface area contributed by atoms with Gasteiger partial charge in [-0.1, -0.05) is 6.07 Å². The number of pyridine rings is 1. The van der Waals surface area contributed by atoms with Gasteiger partial charge in [0.05, 0.1) is 28.1 Å². The van der Waals surface area contributed by atoms with E-state index in [4.69, 9.17) is 19.4 Å². The van der Waals surface area contributed by atoms with Crippen LogP contribution in [-0.2, 0) is 30.5 Å². The monoisotopic (exact) mass is 526 g/mol. The van der Waals surface area contributed by atoms with Crippen molar-refractivity contribution in [3.8, 4) is 0 Å². The molecular weight excluding hydrogens is 492 g/mol. The number of methoxy groups -OCH3 is 1. The fourth-order valence-electron chi connectivity index (χ4n) is 4.89. The molecular formula is C27H34N4O5S. The van der Waals surface area contributed by atoms with Crippen LogP contribution >= 0.6 is 0 Å². The van der Waals surface area contributed by atoms with Gasteiger partial charge < -0.3 is 14.8 Å². The van der Waals surface area contributed by atoms with Gasteiger partial charge >= 0.3 is 0 Å². The molecule has 1 saturated carbocycles. The van der Waals surface area contributed by atoms with Crippen molar-refractivity contribution in [1.82, 2.24) is 14.5 Å². The van der Waals surface area contributed by atoms with Crippen LogP contribution < -0.4 is 5.32 Å². The highest BCUT2D eigenvalue weighted by Crippen LogP contribution is 2.36. The van der Waals surface area contributed by atoms with Gasteiger partial charge in [-0.05, 0) is 69.7 Å². The molecule has 1 aromatic carbocycles. The molecule has 1 aliphatic heterocycles. The number of rotatable bonds is 9. The summed E-state index contributed by atoms with van der Waals surface area (Å²) in [4.78, 5) is 22.5. The summed E-state index contributed by atoms with van der Waals surface area (Å²) in [5.74, 6) is 1.06. The summed E-state index contributed by atoms with van der Waals surface area (Å²) in [5.41, 5.74) is 3.69. The van der Waals surface area contributed by atoms with Gasteiger partial charge in [-0.25, -0.2) is 18.4 Å². The Bertz CT molecular complexity index is 1440. The second-order valence-electron chi connectivity index (χ2n) is 10.1. The van der Waals surface area contributed by atoms with Gasteiger partial charge in [0.1, 0.15) is 23.4 Å². The van der Waals surface area contributed by atoms with Crippen molar-refractivity contribution >= 4 is 38.2 Å². The highest BCUT2D eigenvalue weighted by atomic mass is 32.2. The Morgan fingerprint density at radius 3 is 2.62 bits per heavy atom. The highest BCUT2D eigenvalue weighted by molar-refractivity contribution is 7.90. The van der Waals surface area contributed by atoms with E-state index in [-0.39, 0.29) is 35.3 Å². The van der Waals surface area contributed by atoms with Gasteiger partial charge in [0.15, 0.2) is 15.5 Å². The molecule has 2 aliphatic rings. The minimum atomic E-state index is -3.56. The number of nitrogens with zero attached hydrogens (tertiary/aromatic N) is 3. The van der Waals surface area contributed by atoms with Gasteiger partial charge in [-0.3, -0.25) is 9.36 Å². The number of carbonyl (C=O) groups excluding carboxylic acids is 1. The third-order valence-corrected chi connectivity index (χ3v) is 8.34. The zero-order valence-corrected chi connectivity index (χ0v) is 22.6. The normalized spacial score (nSPS) is 19.2. The largest absolute Gasteiger partial charge is 0.377 e. The lowest BCUT2D eigenvalue weighted by Gasteiger charge is -2.25. The summed E-state index contributed by atoms with van der Waals surface area (Å²) in [6.45, 7) is 4.47. The van der Waals surface area contributed by atoms with E-state index in [0.717, 1.165) is 43.5 Å². The molecule has 9 nitrogen and oxygen atoms in total. The summed E-state index contributed by atoms with van der Waals surface area (Å²) in [6.07, 6.45) is 5.80. The van der Waals surface area contributed by atoms with E-state index in [1.807, 2.05) is 30.5 Å². The Labute approximate surface area is 217 Å². The van der Waals surface area contributed by atoms with Gasteiger partial charge in [-0.2, -0.15) is 0 Å². The Hall–Kier alpha value is -2.82. The van der Waals surface area contributed by atoms with Crippen LogP contribution in [0.1, 0.15) is 68.4 Å². The molecule has 2 aromatic heterocycles. The molecule has 3 heterocycles. The molecule has 1 N–H and O–H groups in total. The Morgan fingerprint density at radius 2 is 1.97 bits per heavy atom. The number of aromatic nitrogens is 3. The maximum atomic E-state index is 12.8. The van der Waals surface area contributed by atoms with Crippen molar-refractivity contribution in [3.05, 3.63) is 41.3 Å². The third kappa shape index (κ3) is 5.42. The summed E-state index contributed by atoms with van der Waals surface area (Å²) in [6, 6.07) is 7.05. The average Bonchev–Trinajstić information content (AvgIpc) is 3.66. The fourth-order valence-corrected chi connectivity index (χ4v) is 5.76. The summed E-state index contributed by atoms with van der Waals surface area (Å²) in [7, 11) is -1.97. The number of aryl methyl sites for hydroxylation is 1. The van der Waals surface area contributed by atoms with Crippen LogP contribution in [0.25, 0.3) is 11.2 Å². The van der Waals surface area contributed by atoms with Crippen molar-refractivity contribution in [3.63, 3.8) is 0 Å². The number of fused-ring (bicyclic) bond motifs is 1. The van der Waals surface area contributed by atoms with Gasteiger partial charge in [0.2, 0.25) is 0 Å². The molecule has 3 aromatic rings. The minimum Gasteiger partial charge on any atom is -0.377 e. The van der Waals surface area contributed by atoms with Gasteiger partial charge in [0.25, 0.3) is 0 Å². The number of anilines is 2. The number of sulfone groups is 1. The Kier molecular flexibility index (Phi) is 7.08. The lowest BCUT2D eigenvalue weighted by molar-refractivity contribution is -0.119. The molecule has 2 fully saturated rings. The standard InChI is InChI=1S/C27H34N4O5S/c1-16(35-3)19-10-11-21(24(13-19)37(4,33)34)30-22-14-20(15-23(32)18-8-9-18)29-27-26(22)28-17(2)31(27)25-7-5-6-12-36-25/h10-11,13-14,16,18,25H,5-9,12,15H2,1-4H3,(H,29,30). The third-order valence-electron chi connectivity index (χ3n) is 7.21. The Morgan fingerprint density at radius 1 is 1.19 bits per heavy atom. The van der Waals surface area contributed by atoms with E-state index in [1.165, 1.54) is 6.26 Å². The number of hydrogen-bond donors (Lipinski definition) is 1. The fraction of sp³-hybridized carbons (Fsp3) is 0.519. The van der Waals surface area contributed by atoms with Crippen molar-refractivity contribution in [2.24, 2.45) is 5.92 Å². The maximum Gasteiger partial charge on any atom is 0.177 e. The Balaban J connectivity index is 1.62. The van der Waals surface area contributed by atoms with E-state index < -0.39 is 9.84 Å². The minimum absolute atomic E-state index is 0.120. The lowest BCUT2D eigenvalue weighted by atomic mass is 10.1. The molecule has 1 aliphatic carbocycles. The van der Waals surface area contributed by atoms with Crippen molar-refractivity contribution in [1.29, 1.82) is 0 Å². The van der Waals surface area contributed by atoms with E-state index in [9.17, 15) is 13.2 Å². The molecule has 2 unspecified atom stereocenters. The SMILES string of the molecule is COC(C)c1ccc(Nc2cc(CC(=O)C3CC3)nc3c2nc(C)n3C2CCCCO2)c(S(C)(=O)=O)c1. The predicted octanol–water partition coefficient (Wildman–Crippen LogP) is 4.81. The van der Waals surface area contributed by atoms with E-state index in [0.29, 0.717) is 34.8 Å². The van der Waals surface area contributed by atoms with Gasteiger partial charge in [-0.15, -0.1) is 0 Å². The second kappa shape index (κ2) is 10.2. The first-order valence-corrected chi connectivity index (χ1v) is 14.7. The second-order valence-corrected chi connectivity index (χ2v) is 12.1. The molecule has 0 amide bonds. The zero-order chi connectivity index (χ0) is 26.3. The summed E-state index contributed by atoms with van der Waals surface area (Å²) < 4.78 is 39.0. The molecule has 37 heavy (non-hydrogen) atoms. The summed E-state index contributed by atoms with van der Waals surface area (Å²) >= 11 is 0. The number of imidazole rings is 1. The lowest BCUT2D eigenvalue weighted by Crippen LogP contribution is -2.19. The number of ketones is 1. The van der Waals surface area contributed by atoms with Crippen LogP contribution in [0.15, 0.2) is 29.2 Å². The summed E-state index contributed by atoms with van der Waals surface area (Å²) in [5, 5.41) is 3.32. The van der Waals surface area contributed by atoms with E-state index in [2.05, 4.69) is 5.32 Å². The predicted molar refractivity (Wildman–Crippen MR) is 141 cm³/mol. The quantitative estimate of drug-likeness (QED) is 0.423. The number of Topliss-reactive ketones (excluding diaryl/α,β-unsaturated/α-hetero) is 1. The highest BCUT2D eigenvalue weighted by Gasteiger charge is 2.30. The van der Waals surface area contributed by atoms with E-state index >= 15 is 0 Å². The molecule has 2 atom stereocenters. The number of ether oxygens (including phenoxy) is 2. The van der Waals surface area contributed by atoms with Crippen molar-refractivity contribution < 1.29 is 22.7 Å². The van der Waals surface area contributed by atoms with Gasteiger partial charge in [0, 0.05) is 32.3 Å². The smallest absolute Gasteiger partial charge is 0.177 e. The number of carbonyl (C=O) groups is 1. The van der Waals surface area contributed by atoms with Crippen LogP contribution in [0.3, 0.4) is 0 Å². The number of nitrogens with one attached hydrogen (secondary N) is 1. The molecule has 0 bridgehead atoms. The number of hydrogen-bond acceptors (Lipinski definition) is 8. The first-order valence-electron chi connectivity index (χ1n) is 12.8. The topological polar surface area (TPSA) is 112 Å². The average molecular weight is 527 g/mol. The van der Waals surface area contributed by atoms with Crippen molar-refractivity contribution in [2.45, 2.75) is 69.6 Å². The van der Waals surface area contributed by atoms with Crippen molar-refractivity contribution in [2.75, 3.05) is 25.3 Å². The zero-order valence-electron chi connectivity index (χ0n) is 21.8. The van der Waals surface area contributed by atoms with Crippen LogP contribution in [0.5, 0.6) is 0 Å². The first-order chi connectivity index (χ1) is 17.7. The molecule has 5 rings (SSSR count). The maximum absolute atomic E-state index is 12.8. The van der Waals surface area contributed by atoms with Crippen LogP contribution in [0.4, 0.5) is 11.4 Å². The molecule has 10 heteroatoms. The molecule has 1 saturated heterocycles.